The molecule has 12 aromatic rings. The first-order chi connectivity index (χ1) is 39.8. The number of aromatic nitrogens is 2. The Bertz CT molecular complexity index is 4780. The minimum absolute atomic E-state index is 0.0329. The number of anilines is 3. The molecule has 9 aromatic carbocycles. The average molecular weight is 814 g/mol. The van der Waals surface area contributed by atoms with Gasteiger partial charge >= 0.3 is 0 Å². The molecule has 0 N–H and O–H groups in total. The van der Waals surface area contributed by atoms with Gasteiger partial charge in [0.1, 0.15) is 11.2 Å². The highest BCUT2D eigenvalue weighted by molar-refractivity contribution is 6.22. The van der Waals surface area contributed by atoms with E-state index in [0.29, 0.717) is 33.1 Å². The van der Waals surface area contributed by atoms with Crippen LogP contribution in [0, 0.1) is 0 Å². The minimum Gasteiger partial charge on any atom is -0.456 e. The normalized spacial score (nSPS) is 16.5. The van der Waals surface area contributed by atoms with Crippen LogP contribution in [0.2, 0.25) is 0 Å². The fourth-order valence-electron chi connectivity index (χ4n) is 7.78. The van der Waals surface area contributed by atoms with Crippen molar-refractivity contribution in [3.63, 3.8) is 0 Å². The van der Waals surface area contributed by atoms with Crippen LogP contribution in [0.4, 0.5) is 17.1 Å². The Kier molecular flexibility index (Phi) is 4.71. The summed E-state index contributed by atoms with van der Waals surface area (Å²) in [4.78, 5) is 11.1. The van der Waals surface area contributed by atoms with Crippen LogP contribution in [0.3, 0.4) is 0 Å². The van der Waals surface area contributed by atoms with E-state index in [1.807, 2.05) is 42.5 Å². The van der Waals surface area contributed by atoms with Gasteiger partial charge in [-0.1, -0.05) is 157 Å². The lowest BCUT2D eigenvalue weighted by atomic mass is 9.94. The molecule has 0 fully saturated rings. The smallest absolute Gasteiger partial charge is 0.135 e. The largest absolute Gasteiger partial charge is 0.456 e. The predicted molar refractivity (Wildman–Crippen MR) is 258 cm³/mol. The van der Waals surface area contributed by atoms with Gasteiger partial charge in [-0.25, -0.2) is 9.97 Å². The Balaban J connectivity index is 1.10. The average Bonchev–Trinajstić information content (AvgIpc) is 2.67. The summed E-state index contributed by atoms with van der Waals surface area (Å²) >= 11 is 0. The van der Waals surface area contributed by atoms with Crippen molar-refractivity contribution in [1.29, 1.82) is 0 Å². The molecule has 0 saturated carbocycles. The Hall–Kier alpha value is -8.34. The van der Waals surface area contributed by atoms with E-state index >= 15 is 0 Å². The van der Waals surface area contributed by atoms with Crippen molar-refractivity contribution in [3.05, 3.63) is 224 Å². The molecule has 0 bridgehead atoms. The van der Waals surface area contributed by atoms with Crippen molar-refractivity contribution in [2.75, 3.05) is 4.90 Å². The second-order valence-electron chi connectivity index (χ2n) is 14.1. The van der Waals surface area contributed by atoms with Gasteiger partial charge in [0.25, 0.3) is 0 Å². The summed E-state index contributed by atoms with van der Waals surface area (Å²) in [5, 5.41) is 3.24. The molecule has 0 atom stereocenters. The molecule has 0 amide bonds. The molecule has 4 heteroatoms. The number of benzene rings is 9. The molecule has 3 heterocycles. The third-order valence-corrected chi connectivity index (χ3v) is 10.6. The SMILES string of the molecule is [2H]c1c([2H])c([2H])c(-c2cc(-c3ccc4c(c3)nc(-c3ccc(N(c5c([2H])c([2H])c([2H])c([2H])c5[2H])c5c([2H])c([2H])c6oc7c([2H])c([2H])c([2H])c([2H])c7c6c5[2H])cc3)c3ccc5ccccc5c34)nc(-c3c([2H])c([2H])c([2H])c([2H])c3[2H])c2)c([2H])c1[2H]. The number of hydrogen-bond donors (Lipinski definition) is 0. The lowest BCUT2D eigenvalue weighted by Gasteiger charge is -2.25. The van der Waals surface area contributed by atoms with Gasteiger partial charge in [-0.2, -0.15) is 0 Å². The summed E-state index contributed by atoms with van der Waals surface area (Å²) < 4.78 is 198. The molecule has 0 aliphatic rings. The lowest BCUT2D eigenvalue weighted by molar-refractivity contribution is 0.669. The highest BCUT2D eigenvalue weighted by Crippen LogP contribution is 2.42. The van der Waals surface area contributed by atoms with Gasteiger partial charge in [0, 0.05) is 60.7 Å². The first-order valence-corrected chi connectivity index (χ1v) is 19.2. The Morgan fingerprint density at radius 1 is 0.403 bits per heavy atom. The molecule has 0 spiro atoms. The van der Waals surface area contributed by atoms with E-state index < -0.39 is 150 Å². The maximum atomic E-state index is 9.67. The Morgan fingerprint density at radius 3 is 1.87 bits per heavy atom. The van der Waals surface area contributed by atoms with Crippen molar-refractivity contribution in [3.8, 4) is 44.9 Å². The van der Waals surface area contributed by atoms with Gasteiger partial charge in [-0.3, -0.25) is 0 Å². The van der Waals surface area contributed by atoms with E-state index in [1.54, 1.807) is 24.3 Å². The Morgan fingerprint density at radius 2 is 1.06 bits per heavy atom. The molecule has 0 radical (unpaired) electrons. The second kappa shape index (κ2) is 14.7. The molecule has 0 aliphatic heterocycles. The summed E-state index contributed by atoms with van der Waals surface area (Å²) in [5.74, 6) is 0. The van der Waals surface area contributed by atoms with Crippen LogP contribution in [0.25, 0.3) is 99.3 Å². The van der Waals surface area contributed by atoms with E-state index in [0.717, 1.165) is 21.1 Å². The van der Waals surface area contributed by atoms with Crippen LogP contribution in [0.5, 0.6) is 0 Å². The topological polar surface area (TPSA) is 42.2 Å². The minimum atomic E-state index is -0.750. The van der Waals surface area contributed by atoms with E-state index in [1.165, 1.54) is 24.3 Å². The number of furan rings is 1. The first-order valence-electron chi connectivity index (χ1n) is 30.2. The van der Waals surface area contributed by atoms with Crippen LogP contribution >= 0.6 is 0 Å². The monoisotopic (exact) mass is 813 g/mol. The van der Waals surface area contributed by atoms with E-state index in [-0.39, 0.29) is 50.1 Å². The quantitative estimate of drug-likeness (QED) is 0.150. The van der Waals surface area contributed by atoms with Gasteiger partial charge in [0.2, 0.25) is 0 Å². The molecular formula is C58H37N3O. The van der Waals surface area contributed by atoms with Crippen LogP contribution in [0.1, 0.15) is 30.2 Å². The molecule has 290 valence electrons. The zero-order chi connectivity index (χ0) is 60.1. The van der Waals surface area contributed by atoms with Gasteiger partial charge < -0.3 is 9.32 Å². The molecule has 4 nitrogen and oxygen atoms in total. The number of fused-ring (bicyclic) bond motifs is 8. The summed E-state index contributed by atoms with van der Waals surface area (Å²) in [6.07, 6.45) is 0. The Labute approximate surface area is 389 Å². The van der Waals surface area contributed by atoms with E-state index in [4.69, 9.17) is 41.8 Å². The van der Waals surface area contributed by atoms with Crippen LogP contribution < -0.4 is 4.90 Å². The van der Waals surface area contributed by atoms with Crippen molar-refractivity contribution < 1.29 is 34.6 Å². The molecular weight excluding hydrogens is 755 g/mol. The maximum absolute atomic E-state index is 9.67. The molecule has 0 saturated heterocycles. The maximum Gasteiger partial charge on any atom is 0.135 e. The molecule has 3 aromatic heterocycles. The van der Waals surface area contributed by atoms with Crippen molar-refractivity contribution >= 4 is 71.4 Å². The summed E-state index contributed by atoms with van der Waals surface area (Å²) in [6, 6.07) is 11.5. The first kappa shape index (κ1) is 19.8. The van der Waals surface area contributed by atoms with Gasteiger partial charge in [0.05, 0.1) is 52.8 Å². The standard InChI is InChI=1S/C58H37N3O/c1-4-14-38(15-5-1)43-35-52(40-17-6-2-7-18-40)59-53(36-43)42-27-31-49-54(34-42)60-58(50-32-26-39-16-10-11-21-47(39)57(49)50)41-24-28-45(29-25-41)61(44-19-8-3-9-20-44)46-30-33-56-51(37-46)48-22-12-13-23-55(48)62-56/h1-37H/i1D,2D,3D,4D,5D,6D,7D,8D,9D,12D,13D,14D,15D,17D,18D,19D,20D,22D,23D,30D,33D,37D. The molecule has 0 unspecified atom stereocenters. The number of pyridine rings is 2. The number of hydrogen-bond acceptors (Lipinski definition) is 4. The lowest BCUT2D eigenvalue weighted by Crippen LogP contribution is -2.09. The zero-order valence-corrected chi connectivity index (χ0v) is 31.9. The highest BCUT2D eigenvalue weighted by Gasteiger charge is 2.19. The summed E-state index contributed by atoms with van der Waals surface area (Å²) in [6.45, 7) is 0. The molecule has 12 rings (SSSR count). The highest BCUT2D eigenvalue weighted by atomic mass is 16.3. The fraction of sp³-hybridized carbons (Fsp3) is 0. The molecule has 62 heavy (non-hydrogen) atoms. The fourth-order valence-corrected chi connectivity index (χ4v) is 7.78. The van der Waals surface area contributed by atoms with Gasteiger partial charge in [-0.15, -0.1) is 0 Å². The van der Waals surface area contributed by atoms with Crippen LogP contribution in [-0.2, 0) is 0 Å². The van der Waals surface area contributed by atoms with Gasteiger partial charge in [-0.05, 0) is 88.5 Å². The van der Waals surface area contributed by atoms with Crippen molar-refractivity contribution in [2.45, 2.75) is 0 Å². The van der Waals surface area contributed by atoms with Crippen molar-refractivity contribution in [2.24, 2.45) is 0 Å². The van der Waals surface area contributed by atoms with Crippen LogP contribution in [-0.4, -0.2) is 9.97 Å². The predicted octanol–water partition coefficient (Wildman–Crippen LogP) is 16.0. The number of para-hydroxylation sites is 2. The number of nitrogens with zero attached hydrogens (tertiary/aromatic N) is 3. The van der Waals surface area contributed by atoms with Gasteiger partial charge in [0.15, 0.2) is 0 Å². The van der Waals surface area contributed by atoms with E-state index in [9.17, 15) is 2.74 Å². The second-order valence-corrected chi connectivity index (χ2v) is 14.1. The summed E-state index contributed by atoms with van der Waals surface area (Å²) in [5.41, 5.74) is -0.638. The third-order valence-electron chi connectivity index (χ3n) is 10.6. The third kappa shape index (κ3) is 6.16. The number of rotatable bonds is 7. The zero-order valence-electron chi connectivity index (χ0n) is 53.9. The molecule has 0 aliphatic carbocycles. The van der Waals surface area contributed by atoms with Crippen LogP contribution in [0.15, 0.2) is 228 Å². The van der Waals surface area contributed by atoms with Crippen molar-refractivity contribution in [1.82, 2.24) is 9.97 Å². The van der Waals surface area contributed by atoms with E-state index in [2.05, 4.69) is 0 Å². The summed E-state index contributed by atoms with van der Waals surface area (Å²) in [7, 11) is 0.